The van der Waals surface area contributed by atoms with Crippen LogP contribution in [0.5, 0.6) is 0 Å². The third-order valence-electron chi connectivity index (χ3n) is 3.83. The van der Waals surface area contributed by atoms with E-state index in [2.05, 4.69) is 22.0 Å². The Kier molecular flexibility index (Phi) is 4.97. The summed E-state index contributed by atoms with van der Waals surface area (Å²) in [5.74, 6) is 0.143. The largest absolute Gasteiger partial charge is 0.379 e. The highest BCUT2D eigenvalue weighted by atomic mass is 16.5. The molecule has 5 nitrogen and oxygen atoms in total. The molecule has 104 valence electrons. The molecular weight excluding hydrogens is 230 g/mol. The van der Waals surface area contributed by atoms with Crippen molar-refractivity contribution in [3.05, 3.63) is 0 Å². The molecule has 18 heavy (non-hydrogen) atoms. The number of nitrogens with one attached hydrogen (secondary N) is 1. The summed E-state index contributed by atoms with van der Waals surface area (Å²) in [4.78, 5) is 16.3. The third-order valence-corrected chi connectivity index (χ3v) is 3.83. The van der Waals surface area contributed by atoms with Crippen LogP contribution in [0.15, 0.2) is 0 Å². The van der Waals surface area contributed by atoms with Crippen LogP contribution in [0.1, 0.15) is 19.8 Å². The predicted molar refractivity (Wildman–Crippen MR) is 70.5 cm³/mol. The summed E-state index contributed by atoms with van der Waals surface area (Å²) in [5, 5.41) is 3.03. The summed E-state index contributed by atoms with van der Waals surface area (Å²) in [5.41, 5.74) is 0. The van der Waals surface area contributed by atoms with Crippen molar-refractivity contribution >= 4 is 5.91 Å². The maximum atomic E-state index is 11.8. The fourth-order valence-corrected chi connectivity index (χ4v) is 2.34. The van der Waals surface area contributed by atoms with Crippen LogP contribution in [0.3, 0.4) is 0 Å². The van der Waals surface area contributed by atoms with E-state index in [9.17, 15) is 4.79 Å². The van der Waals surface area contributed by atoms with Gasteiger partial charge in [-0.25, -0.2) is 0 Å². The first kappa shape index (κ1) is 13.8. The van der Waals surface area contributed by atoms with E-state index < -0.39 is 0 Å². The van der Waals surface area contributed by atoms with Crippen LogP contribution in [0, 0.1) is 0 Å². The molecule has 5 heteroatoms. The quantitative estimate of drug-likeness (QED) is 0.721. The van der Waals surface area contributed by atoms with Gasteiger partial charge in [-0.3, -0.25) is 14.6 Å². The average Bonchev–Trinajstić information content (AvgIpc) is 3.21. The number of likely N-dealkylation sites (N-methyl/N-ethyl adjacent to an activating group) is 1. The van der Waals surface area contributed by atoms with E-state index in [0.717, 1.165) is 32.8 Å². The molecule has 1 amide bonds. The molecule has 0 spiro atoms. The second-order valence-corrected chi connectivity index (χ2v) is 5.45. The smallest absolute Gasteiger partial charge is 0.234 e. The van der Waals surface area contributed by atoms with Crippen LogP contribution in [0.2, 0.25) is 0 Å². The predicted octanol–water partition coefficient (Wildman–Crippen LogP) is -0.0825. The van der Waals surface area contributed by atoms with E-state index in [-0.39, 0.29) is 5.91 Å². The van der Waals surface area contributed by atoms with Crippen LogP contribution in [0.25, 0.3) is 0 Å². The molecule has 1 heterocycles. The number of ether oxygens (including phenoxy) is 1. The lowest BCUT2D eigenvalue weighted by Crippen LogP contribution is -2.48. The molecule has 0 aromatic carbocycles. The lowest BCUT2D eigenvalue weighted by Gasteiger charge is -2.32. The summed E-state index contributed by atoms with van der Waals surface area (Å²) in [7, 11) is 2.03. The van der Waals surface area contributed by atoms with Gasteiger partial charge in [-0.05, 0) is 26.8 Å². The fourth-order valence-electron chi connectivity index (χ4n) is 2.34. The summed E-state index contributed by atoms with van der Waals surface area (Å²) < 4.78 is 5.33. The Balaban J connectivity index is 1.61. The second-order valence-electron chi connectivity index (χ2n) is 5.45. The van der Waals surface area contributed by atoms with Gasteiger partial charge >= 0.3 is 0 Å². The van der Waals surface area contributed by atoms with Gasteiger partial charge in [-0.1, -0.05) is 0 Å². The Morgan fingerprint density at radius 2 is 2.11 bits per heavy atom. The molecule has 1 saturated carbocycles. The Labute approximate surface area is 109 Å². The van der Waals surface area contributed by atoms with Gasteiger partial charge in [-0.2, -0.15) is 0 Å². The number of hydrogen-bond acceptors (Lipinski definition) is 4. The lowest BCUT2D eigenvalue weighted by atomic mass is 10.2. The zero-order chi connectivity index (χ0) is 13.0. The number of rotatable bonds is 6. The first-order chi connectivity index (χ1) is 8.66. The molecule has 0 aromatic heterocycles. The Morgan fingerprint density at radius 3 is 2.72 bits per heavy atom. The van der Waals surface area contributed by atoms with E-state index in [1.54, 1.807) is 0 Å². The number of carbonyl (C=O) groups excluding carboxylic acids is 1. The zero-order valence-electron chi connectivity index (χ0n) is 11.5. The molecule has 1 atom stereocenters. The summed E-state index contributed by atoms with van der Waals surface area (Å²) in [6.45, 7) is 6.98. The van der Waals surface area contributed by atoms with Gasteiger partial charge in [0, 0.05) is 31.7 Å². The molecule has 1 saturated heterocycles. The molecule has 1 aliphatic heterocycles. The van der Waals surface area contributed by atoms with Gasteiger partial charge in [0.2, 0.25) is 5.91 Å². The minimum Gasteiger partial charge on any atom is -0.379 e. The van der Waals surface area contributed by atoms with Crippen molar-refractivity contribution in [2.75, 3.05) is 46.4 Å². The number of amides is 1. The van der Waals surface area contributed by atoms with Crippen LogP contribution in [-0.2, 0) is 9.53 Å². The van der Waals surface area contributed by atoms with Crippen molar-refractivity contribution in [2.45, 2.75) is 31.8 Å². The minimum atomic E-state index is 0.143. The van der Waals surface area contributed by atoms with Crippen molar-refractivity contribution in [3.8, 4) is 0 Å². The normalized spacial score (nSPS) is 23.1. The van der Waals surface area contributed by atoms with Crippen molar-refractivity contribution in [1.82, 2.24) is 15.1 Å². The maximum absolute atomic E-state index is 11.8. The highest BCUT2D eigenvalue weighted by molar-refractivity contribution is 5.78. The van der Waals surface area contributed by atoms with Crippen molar-refractivity contribution in [3.63, 3.8) is 0 Å². The molecule has 2 rings (SSSR count). The topological polar surface area (TPSA) is 44.8 Å². The maximum Gasteiger partial charge on any atom is 0.234 e. The van der Waals surface area contributed by atoms with E-state index in [0.29, 0.717) is 18.6 Å². The molecule has 0 bridgehead atoms. The van der Waals surface area contributed by atoms with Crippen molar-refractivity contribution in [1.29, 1.82) is 0 Å². The van der Waals surface area contributed by atoms with Crippen LogP contribution < -0.4 is 5.32 Å². The van der Waals surface area contributed by atoms with Crippen LogP contribution in [-0.4, -0.2) is 74.2 Å². The Bertz CT molecular complexity index is 275. The van der Waals surface area contributed by atoms with Gasteiger partial charge in [-0.15, -0.1) is 0 Å². The number of morpholine rings is 1. The van der Waals surface area contributed by atoms with Gasteiger partial charge in [0.25, 0.3) is 0 Å². The SMILES string of the molecule is CC(CNC(=O)CN(C)C1CC1)N1CCOCC1. The van der Waals surface area contributed by atoms with Crippen molar-refractivity contribution < 1.29 is 9.53 Å². The lowest BCUT2D eigenvalue weighted by molar-refractivity contribution is -0.122. The second kappa shape index (κ2) is 6.50. The van der Waals surface area contributed by atoms with Gasteiger partial charge in [0.05, 0.1) is 19.8 Å². The van der Waals surface area contributed by atoms with E-state index in [4.69, 9.17) is 4.74 Å². The zero-order valence-corrected chi connectivity index (χ0v) is 11.5. The van der Waals surface area contributed by atoms with Crippen molar-refractivity contribution in [2.24, 2.45) is 0 Å². The fraction of sp³-hybridized carbons (Fsp3) is 0.923. The molecule has 2 aliphatic rings. The summed E-state index contributed by atoms with van der Waals surface area (Å²) in [6, 6.07) is 1.04. The molecule has 1 N–H and O–H groups in total. The van der Waals surface area contributed by atoms with E-state index >= 15 is 0 Å². The number of carbonyl (C=O) groups is 1. The van der Waals surface area contributed by atoms with E-state index in [1.807, 2.05) is 7.05 Å². The van der Waals surface area contributed by atoms with Gasteiger partial charge in [0.1, 0.15) is 0 Å². The molecule has 0 radical (unpaired) electrons. The molecule has 1 unspecified atom stereocenters. The minimum absolute atomic E-state index is 0.143. The number of hydrogen-bond donors (Lipinski definition) is 1. The Hall–Kier alpha value is -0.650. The Morgan fingerprint density at radius 1 is 1.44 bits per heavy atom. The highest BCUT2D eigenvalue weighted by Crippen LogP contribution is 2.24. The molecular formula is C13H25N3O2. The summed E-state index contributed by atoms with van der Waals surface area (Å²) >= 11 is 0. The first-order valence-electron chi connectivity index (χ1n) is 6.95. The van der Waals surface area contributed by atoms with Crippen LogP contribution >= 0.6 is 0 Å². The molecule has 1 aliphatic carbocycles. The molecule has 0 aromatic rings. The third kappa shape index (κ3) is 4.23. The van der Waals surface area contributed by atoms with Gasteiger partial charge < -0.3 is 10.1 Å². The first-order valence-corrected chi connectivity index (χ1v) is 6.95. The van der Waals surface area contributed by atoms with Crippen LogP contribution in [0.4, 0.5) is 0 Å². The monoisotopic (exact) mass is 255 g/mol. The van der Waals surface area contributed by atoms with E-state index in [1.165, 1.54) is 12.8 Å². The highest BCUT2D eigenvalue weighted by Gasteiger charge is 2.27. The average molecular weight is 255 g/mol. The summed E-state index contributed by atoms with van der Waals surface area (Å²) in [6.07, 6.45) is 2.49. The van der Waals surface area contributed by atoms with Gasteiger partial charge in [0.15, 0.2) is 0 Å². The molecule has 2 fully saturated rings. The number of nitrogens with zero attached hydrogens (tertiary/aromatic N) is 2. The standard InChI is InChI=1S/C13H25N3O2/c1-11(16-5-7-18-8-6-16)9-14-13(17)10-15(2)12-3-4-12/h11-12H,3-10H2,1-2H3,(H,14,17).